The first-order chi connectivity index (χ1) is 27.5. The van der Waals surface area contributed by atoms with E-state index in [1.54, 1.807) is 37.6 Å². The Labute approximate surface area is 338 Å². The van der Waals surface area contributed by atoms with Crippen LogP contribution < -0.4 is 14.9 Å². The number of carbonyl (C=O) groups excluding carboxylic acids is 2. The number of carbonyl (C=O) groups is 2. The van der Waals surface area contributed by atoms with E-state index in [0.717, 1.165) is 47.9 Å². The number of alkyl halides is 3. The summed E-state index contributed by atoms with van der Waals surface area (Å²) in [7, 11) is -4.28. The number of ether oxygens (including phenoxy) is 1. The predicted octanol–water partition coefficient (Wildman–Crippen LogP) is 7.88. The number of amides is 2. The molecule has 12 nitrogen and oxygen atoms in total. The number of anilines is 2. The van der Waals surface area contributed by atoms with Crippen molar-refractivity contribution in [2.75, 3.05) is 23.9 Å². The number of hydrogen-bond donors (Lipinski definition) is 2. The van der Waals surface area contributed by atoms with Gasteiger partial charge in [-0.2, -0.15) is 26.7 Å². The average Bonchev–Trinajstić information content (AvgIpc) is 3.74. The number of methoxy groups -OCH3 is 1. The number of nitrogens with one attached hydrogen (secondary N) is 2. The van der Waals surface area contributed by atoms with Gasteiger partial charge in [0.15, 0.2) is 5.13 Å². The highest BCUT2D eigenvalue weighted by Gasteiger charge is 2.53. The zero-order chi connectivity index (χ0) is 41.2. The zero-order valence-electron chi connectivity index (χ0n) is 32.5. The number of pyridine rings is 1. The molecule has 5 aromatic rings. The highest BCUT2D eigenvalue weighted by Crippen LogP contribution is 2.57. The SMILES string of the molecule is COC12CC(C)CC(Cn3ncc(-c4ccc(N5CCc6cccc(C(=O)Nc7nc8ccccc8s7)c6C5)nc4C(=O)NS(=O)(=O)C(F)(F)F)c3C)(CC(C)C1)C2. The lowest BCUT2D eigenvalue weighted by Crippen LogP contribution is -2.52. The molecule has 2 fully saturated rings. The zero-order valence-corrected chi connectivity index (χ0v) is 34.2. The second-order valence-corrected chi connectivity index (χ2v) is 19.1. The maximum absolute atomic E-state index is 13.7. The average molecular weight is 836 g/mol. The van der Waals surface area contributed by atoms with Crippen LogP contribution in [0.15, 0.2) is 60.8 Å². The van der Waals surface area contributed by atoms with Gasteiger partial charge in [0.25, 0.3) is 11.8 Å². The molecule has 3 aliphatic rings. The molecule has 58 heavy (non-hydrogen) atoms. The molecule has 2 aromatic carbocycles. The van der Waals surface area contributed by atoms with Gasteiger partial charge in [0, 0.05) is 49.1 Å². The number of nitrogens with zero attached hydrogens (tertiary/aromatic N) is 5. The van der Waals surface area contributed by atoms with E-state index in [4.69, 9.17) is 9.84 Å². The van der Waals surface area contributed by atoms with E-state index < -0.39 is 27.1 Å². The Morgan fingerprint density at radius 1 is 0.966 bits per heavy atom. The molecule has 2 saturated carbocycles. The molecule has 8 rings (SSSR count). The molecular formula is C41H44F3N7O5S2. The molecule has 2 unspecified atom stereocenters. The topological polar surface area (TPSA) is 148 Å². The molecule has 0 saturated heterocycles. The van der Waals surface area contributed by atoms with Gasteiger partial charge in [-0.25, -0.2) is 14.7 Å². The Morgan fingerprint density at radius 3 is 2.41 bits per heavy atom. The lowest BCUT2D eigenvalue weighted by atomic mass is 9.54. The number of benzene rings is 2. The van der Waals surface area contributed by atoms with E-state index in [1.165, 1.54) is 16.1 Å². The largest absolute Gasteiger partial charge is 0.516 e. The van der Waals surface area contributed by atoms with Crippen molar-refractivity contribution in [2.45, 2.75) is 83.5 Å². The molecule has 2 aliphatic carbocycles. The fourth-order valence-electron chi connectivity index (χ4n) is 9.97. The lowest BCUT2D eigenvalue weighted by Gasteiger charge is -2.55. The number of sulfonamides is 1. The van der Waals surface area contributed by atoms with Gasteiger partial charge in [0.05, 0.1) is 22.0 Å². The lowest BCUT2D eigenvalue weighted by molar-refractivity contribution is -0.146. The smallest absolute Gasteiger partial charge is 0.378 e. The van der Waals surface area contributed by atoms with Crippen LogP contribution in [-0.2, 0) is 34.3 Å². The van der Waals surface area contributed by atoms with E-state index in [2.05, 4.69) is 29.1 Å². The van der Waals surface area contributed by atoms with E-state index in [-0.39, 0.29) is 34.8 Å². The molecule has 4 heterocycles. The van der Waals surface area contributed by atoms with Gasteiger partial charge in [0.2, 0.25) is 0 Å². The van der Waals surface area contributed by atoms with Gasteiger partial charge >= 0.3 is 15.5 Å². The van der Waals surface area contributed by atoms with Crippen LogP contribution in [0.25, 0.3) is 21.3 Å². The molecular weight excluding hydrogens is 792 g/mol. The summed E-state index contributed by atoms with van der Waals surface area (Å²) in [6, 6.07) is 16.2. The summed E-state index contributed by atoms with van der Waals surface area (Å²) < 4.78 is 75.2. The quantitative estimate of drug-likeness (QED) is 0.151. The van der Waals surface area contributed by atoms with Crippen LogP contribution in [0.5, 0.6) is 0 Å². The van der Waals surface area contributed by atoms with Gasteiger partial charge in [-0.3, -0.25) is 19.6 Å². The molecule has 0 spiro atoms. The van der Waals surface area contributed by atoms with Crippen molar-refractivity contribution in [2.24, 2.45) is 17.3 Å². The molecule has 2 N–H and O–H groups in total. The Morgan fingerprint density at radius 2 is 1.71 bits per heavy atom. The molecule has 2 atom stereocenters. The standard InChI is InChI=1S/C41H44F3N7O5S2/c1-24-16-39(17-25(2)19-40(18-24,22-39)56-4)23-51-26(3)30(20-45-51)28-12-13-34(47-35(28)37(53)49-58(54,55)41(42,43)44)50-15-14-27-8-7-9-29(31(27)21-50)36(52)48-38-46-32-10-5-6-11-33(32)57-38/h5-13,20,24-25H,14-19,21-23H2,1-4H3,(H,49,53)(H,46,48,52). The number of para-hydroxylation sites is 1. The van der Waals surface area contributed by atoms with Crippen LogP contribution in [-0.4, -0.2) is 64.7 Å². The number of hydrogen-bond acceptors (Lipinski definition) is 10. The third-order valence-electron chi connectivity index (χ3n) is 12.0. The molecule has 0 radical (unpaired) electrons. The van der Waals surface area contributed by atoms with E-state index in [0.29, 0.717) is 58.9 Å². The first kappa shape index (κ1) is 39.9. The summed E-state index contributed by atoms with van der Waals surface area (Å²) in [6.45, 7) is 7.48. The normalized spacial score (nSPS) is 23.4. The van der Waals surface area contributed by atoms with Crippen LogP contribution >= 0.6 is 11.3 Å². The second-order valence-electron chi connectivity index (χ2n) is 16.4. The highest BCUT2D eigenvalue weighted by molar-refractivity contribution is 7.90. The van der Waals surface area contributed by atoms with Crippen LogP contribution in [0.1, 0.15) is 83.6 Å². The van der Waals surface area contributed by atoms with Gasteiger partial charge in [-0.1, -0.05) is 49.4 Å². The van der Waals surface area contributed by atoms with E-state index in [9.17, 15) is 31.2 Å². The molecule has 1 aliphatic heterocycles. The van der Waals surface area contributed by atoms with Crippen molar-refractivity contribution < 1.29 is 35.9 Å². The van der Waals surface area contributed by atoms with E-state index in [1.807, 2.05) is 46.8 Å². The van der Waals surface area contributed by atoms with Crippen LogP contribution in [0.4, 0.5) is 24.1 Å². The van der Waals surface area contributed by atoms with Crippen molar-refractivity contribution >= 4 is 54.3 Å². The van der Waals surface area contributed by atoms with Crippen molar-refractivity contribution in [3.63, 3.8) is 0 Å². The minimum absolute atomic E-state index is 0.100. The molecule has 3 aromatic heterocycles. The third kappa shape index (κ3) is 7.47. The summed E-state index contributed by atoms with van der Waals surface area (Å²) in [5, 5.41) is 8.07. The van der Waals surface area contributed by atoms with Crippen LogP contribution in [0.2, 0.25) is 0 Å². The molecule has 306 valence electrons. The Bertz CT molecular complexity index is 2490. The summed E-state index contributed by atoms with van der Waals surface area (Å²) >= 11 is 1.35. The van der Waals surface area contributed by atoms with Crippen molar-refractivity contribution in [1.29, 1.82) is 0 Å². The van der Waals surface area contributed by atoms with Gasteiger partial charge in [-0.15, -0.1) is 0 Å². The van der Waals surface area contributed by atoms with Crippen molar-refractivity contribution in [3.8, 4) is 11.1 Å². The summed E-state index contributed by atoms with van der Waals surface area (Å²) in [5.74, 6) is -0.795. The van der Waals surface area contributed by atoms with Crippen LogP contribution in [0, 0.1) is 24.2 Å². The molecule has 2 bridgehead atoms. The number of aromatic nitrogens is 4. The van der Waals surface area contributed by atoms with Gasteiger partial charge < -0.3 is 9.64 Å². The highest BCUT2D eigenvalue weighted by atomic mass is 32.2. The fourth-order valence-corrected chi connectivity index (χ4v) is 11.3. The van der Waals surface area contributed by atoms with Gasteiger partial charge in [-0.05, 0) is 104 Å². The van der Waals surface area contributed by atoms with Crippen molar-refractivity contribution in [3.05, 3.63) is 88.9 Å². The minimum atomic E-state index is -6.06. The van der Waals surface area contributed by atoms with Gasteiger partial charge in [0.1, 0.15) is 11.5 Å². The number of fused-ring (bicyclic) bond motifs is 4. The number of thiazole rings is 1. The summed E-state index contributed by atoms with van der Waals surface area (Å²) in [5.41, 5.74) is -2.50. The molecule has 2 amide bonds. The summed E-state index contributed by atoms with van der Waals surface area (Å²) in [4.78, 5) is 38.2. The maximum Gasteiger partial charge on any atom is 0.516 e. The second kappa shape index (κ2) is 14.7. The molecule has 17 heteroatoms. The minimum Gasteiger partial charge on any atom is -0.378 e. The number of rotatable bonds is 9. The predicted molar refractivity (Wildman–Crippen MR) is 215 cm³/mol. The Hall–Kier alpha value is -4.87. The first-order valence-corrected chi connectivity index (χ1v) is 21.5. The fraction of sp³-hybridized carbons (Fsp3) is 0.439. The Balaban J connectivity index is 1.12. The van der Waals surface area contributed by atoms with Crippen molar-refractivity contribution in [1.82, 2.24) is 24.5 Å². The number of halogens is 3. The monoisotopic (exact) mass is 835 g/mol. The first-order valence-electron chi connectivity index (χ1n) is 19.2. The third-order valence-corrected chi connectivity index (χ3v) is 14.0. The van der Waals surface area contributed by atoms with Crippen LogP contribution in [0.3, 0.4) is 0 Å². The maximum atomic E-state index is 13.7. The van der Waals surface area contributed by atoms with E-state index >= 15 is 0 Å². The Kier molecular flexibility index (Phi) is 10.2. The summed E-state index contributed by atoms with van der Waals surface area (Å²) in [6.07, 6.45) is 6.87.